The molecule has 19 heavy (non-hydrogen) atoms. The quantitative estimate of drug-likeness (QED) is 0.619. The number of fused-ring (bicyclic) bond motifs is 1. The minimum absolute atomic E-state index is 0.0508. The summed E-state index contributed by atoms with van der Waals surface area (Å²) in [5.41, 5.74) is 0.653. The maximum absolute atomic E-state index is 10.3. The molecule has 0 saturated heterocycles. The van der Waals surface area contributed by atoms with Crippen molar-refractivity contribution in [1.29, 1.82) is 0 Å². The molecule has 3 aromatic rings. The average Bonchev–Trinajstić information content (AvgIpc) is 2.41. The second-order valence-electron chi connectivity index (χ2n) is 4.35. The molecule has 3 aromatic carbocycles. The van der Waals surface area contributed by atoms with Crippen molar-refractivity contribution in [1.82, 2.24) is 0 Å². The largest absolute Gasteiger partial charge is 0.507 e. The molecule has 0 aliphatic rings. The van der Waals surface area contributed by atoms with E-state index in [4.69, 9.17) is 0 Å². The molecule has 3 heteroatoms. The van der Waals surface area contributed by atoms with E-state index in [1.54, 1.807) is 18.2 Å². The number of phenols is 3. The topological polar surface area (TPSA) is 60.7 Å². The first-order chi connectivity index (χ1) is 9.18. The van der Waals surface area contributed by atoms with Gasteiger partial charge in [0.15, 0.2) is 0 Å². The first-order valence-electron chi connectivity index (χ1n) is 5.90. The van der Waals surface area contributed by atoms with E-state index < -0.39 is 0 Å². The highest BCUT2D eigenvalue weighted by Gasteiger charge is 2.15. The van der Waals surface area contributed by atoms with Crippen LogP contribution in [0, 0.1) is 0 Å². The summed E-state index contributed by atoms with van der Waals surface area (Å²) in [4.78, 5) is 0. The second kappa shape index (κ2) is 4.21. The van der Waals surface area contributed by atoms with Crippen LogP contribution >= 0.6 is 0 Å². The van der Waals surface area contributed by atoms with Gasteiger partial charge in [0.05, 0.1) is 5.56 Å². The Bertz CT molecular complexity index is 743. The maximum atomic E-state index is 10.3. The Morgan fingerprint density at radius 1 is 0.632 bits per heavy atom. The molecule has 3 N–H and O–H groups in total. The van der Waals surface area contributed by atoms with Crippen molar-refractivity contribution >= 4 is 10.8 Å². The predicted octanol–water partition coefficient (Wildman–Crippen LogP) is 3.62. The van der Waals surface area contributed by atoms with Crippen LogP contribution in [0.15, 0.2) is 54.6 Å². The average molecular weight is 252 g/mol. The van der Waals surface area contributed by atoms with Crippen molar-refractivity contribution < 1.29 is 15.3 Å². The van der Waals surface area contributed by atoms with Crippen molar-refractivity contribution in [3.05, 3.63) is 54.6 Å². The fraction of sp³-hybridized carbons (Fsp3) is 0. The van der Waals surface area contributed by atoms with Crippen LogP contribution in [0.4, 0.5) is 0 Å². The maximum Gasteiger partial charge on any atom is 0.131 e. The Labute approximate surface area is 110 Å². The van der Waals surface area contributed by atoms with Gasteiger partial charge in [-0.2, -0.15) is 0 Å². The van der Waals surface area contributed by atoms with Gasteiger partial charge >= 0.3 is 0 Å². The lowest BCUT2D eigenvalue weighted by Gasteiger charge is -2.11. The van der Waals surface area contributed by atoms with E-state index in [9.17, 15) is 15.3 Å². The number of hydrogen-bond donors (Lipinski definition) is 3. The SMILES string of the molecule is Oc1cccc(O)c1-c1ccc2ccccc2c1O. The summed E-state index contributed by atoms with van der Waals surface area (Å²) in [6.07, 6.45) is 0. The molecule has 0 amide bonds. The molecule has 0 fully saturated rings. The van der Waals surface area contributed by atoms with Crippen LogP contribution in [-0.2, 0) is 0 Å². The summed E-state index contributed by atoms with van der Waals surface area (Å²) < 4.78 is 0. The lowest BCUT2D eigenvalue weighted by molar-refractivity contribution is 0.451. The van der Waals surface area contributed by atoms with Gasteiger partial charge in [-0.3, -0.25) is 0 Å². The molecule has 0 bridgehead atoms. The van der Waals surface area contributed by atoms with Gasteiger partial charge in [0, 0.05) is 10.9 Å². The minimum atomic E-state index is -0.0643. The second-order valence-corrected chi connectivity index (χ2v) is 4.35. The molecule has 3 rings (SSSR count). The fourth-order valence-corrected chi connectivity index (χ4v) is 2.26. The number of benzene rings is 3. The van der Waals surface area contributed by atoms with Gasteiger partial charge in [-0.05, 0) is 23.6 Å². The van der Waals surface area contributed by atoms with E-state index in [-0.39, 0.29) is 22.8 Å². The van der Waals surface area contributed by atoms with Gasteiger partial charge in [-0.25, -0.2) is 0 Å². The number of hydrogen-bond acceptors (Lipinski definition) is 3. The normalized spacial score (nSPS) is 10.7. The van der Waals surface area contributed by atoms with Crippen LogP contribution in [-0.4, -0.2) is 15.3 Å². The van der Waals surface area contributed by atoms with E-state index in [0.717, 1.165) is 5.39 Å². The summed E-state index contributed by atoms with van der Waals surface area (Å²) in [7, 11) is 0. The van der Waals surface area contributed by atoms with Gasteiger partial charge in [0.25, 0.3) is 0 Å². The van der Waals surface area contributed by atoms with Gasteiger partial charge in [0.1, 0.15) is 17.2 Å². The van der Waals surface area contributed by atoms with Gasteiger partial charge < -0.3 is 15.3 Å². The van der Waals surface area contributed by atoms with E-state index in [0.29, 0.717) is 10.9 Å². The smallest absolute Gasteiger partial charge is 0.131 e. The first kappa shape index (κ1) is 11.4. The molecule has 0 spiro atoms. The van der Waals surface area contributed by atoms with Crippen LogP contribution in [0.5, 0.6) is 17.2 Å². The molecule has 0 aromatic heterocycles. The molecule has 0 heterocycles. The van der Waals surface area contributed by atoms with Crippen LogP contribution in [0.3, 0.4) is 0 Å². The molecule has 0 radical (unpaired) electrons. The molecule has 94 valence electrons. The summed E-state index contributed by atoms with van der Waals surface area (Å²) >= 11 is 0. The summed E-state index contributed by atoms with van der Waals surface area (Å²) in [6, 6.07) is 15.4. The lowest BCUT2D eigenvalue weighted by atomic mass is 9.98. The van der Waals surface area contributed by atoms with Crippen LogP contribution in [0.25, 0.3) is 21.9 Å². The van der Waals surface area contributed by atoms with E-state index in [1.165, 1.54) is 12.1 Å². The molecule has 0 aliphatic carbocycles. The highest BCUT2D eigenvalue weighted by Crippen LogP contribution is 2.43. The Balaban J connectivity index is 2.35. The third-order valence-corrected chi connectivity index (χ3v) is 3.19. The van der Waals surface area contributed by atoms with Gasteiger partial charge in [-0.15, -0.1) is 0 Å². The summed E-state index contributed by atoms with van der Waals surface area (Å²) in [5, 5.41) is 31.7. The Hall–Kier alpha value is -2.68. The first-order valence-corrected chi connectivity index (χ1v) is 5.90. The fourth-order valence-electron chi connectivity index (χ4n) is 2.26. The monoisotopic (exact) mass is 252 g/mol. The minimum Gasteiger partial charge on any atom is -0.507 e. The van der Waals surface area contributed by atoms with Crippen molar-refractivity contribution in [3.8, 4) is 28.4 Å². The summed E-state index contributed by atoms with van der Waals surface area (Å²) in [5.74, 6) is -0.0777. The third kappa shape index (κ3) is 1.76. The highest BCUT2D eigenvalue weighted by molar-refractivity contribution is 5.96. The Morgan fingerprint density at radius 2 is 1.32 bits per heavy atom. The third-order valence-electron chi connectivity index (χ3n) is 3.19. The number of aromatic hydroxyl groups is 3. The van der Waals surface area contributed by atoms with Crippen LogP contribution < -0.4 is 0 Å². The molecule has 0 unspecified atom stereocenters. The molecule has 0 saturated carbocycles. The lowest BCUT2D eigenvalue weighted by Crippen LogP contribution is -1.83. The van der Waals surface area contributed by atoms with E-state index >= 15 is 0 Å². The van der Waals surface area contributed by atoms with Crippen molar-refractivity contribution in [2.24, 2.45) is 0 Å². The van der Waals surface area contributed by atoms with Gasteiger partial charge in [-0.1, -0.05) is 36.4 Å². The zero-order valence-corrected chi connectivity index (χ0v) is 10.0. The van der Waals surface area contributed by atoms with Crippen LogP contribution in [0.1, 0.15) is 0 Å². The van der Waals surface area contributed by atoms with Crippen molar-refractivity contribution in [2.45, 2.75) is 0 Å². The molecular weight excluding hydrogens is 240 g/mol. The van der Waals surface area contributed by atoms with E-state index in [1.807, 2.05) is 24.3 Å². The number of phenolic OH excluding ortho intramolecular Hbond substituents is 3. The molecule has 0 aliphatic heterocycles. The van der Waals surface area contributed by atoms with Crippen molar-refractivity contribution in [2.75, 3.05) is 0 Å². The summed E-state index contributed by atoms with van der Waals surface area (Å²) in [6.45, 7) is 0. The van der Waals surface area contributed by atoms with Crippen LogP contribution in [0.2, 0.25) is 0 Å². The zero-order valence-electron chi connectivity index (χ0n) is 10.0. The highest BCUT2D eigenvalue weighted by atomic mass is 16.3. The van der Waals surface area contributed by atoms with Crippen molar-refractivity contribution in [3.63, 3.8) is 0 Å². The molecule has 0 atom stereocenters. The predicted molar refractivity (Wildman–Crippen MR) is 74.4 cm³/mol. The molecular formula is C16H12O3. The Morgan fingerprint density at radius 3 is 2.05 bits per heavy atom. The number of rotatable bonds is 1. The van der Waals surface area contributed by atoms with E-state index in [2.05, 4.69) is 0 Å². The standard InChI is InChI=1S/C16H12O3/c17-13-6-3-7-14(18)15(13)12-9-8-10-4-1-2-5-11(10)16(12)19/h1-9,17-19H. The van der Waals surface area contributed by atoms with Gasteiger partial charge in [0.2, 0.25) is 0 Å². The molecule has 3 nitrogen and oxygen atoms in total. The zero-order chi connectivity index (χ0) is 13.4. The Kier molecular flexibility index (Phi) is 2.53.